The van der Waals surface area contributed by atoms with Gasteiger partial charge in [0, 0.05) is 11.6 Å². The third-order valence-corrected chi connectivity index (χ3v) is 5.37. The number of carbonyl (C=O) groups excluding carboxylic acids is 3. The fraction of sp³-hybridized carbons (Fsp3) is 0.238. The van der Waals surface area contributed by atoms with Gasteiger partial charge in [0.1, 0.15) is 17.6 Å². The Morgan fingerprint density at radius 2 is 2.00 bits per heavy atom. The van der Waals surface area contributed by atoms with Crippen molar-refractivity contribution in [2.45, 2.75) is 26.8 Å². The number of aryl methyl sites for hydroxylation is 1. The molecule has 0 unspecified atom stereocenters. The van der Waals surface area contributed by atoms with E-state index in [0.29, 0.717) is 28.8 Å². The highest BCUT2D eigenvalue weighted by molar-refractivity contribution is 8.18. The first-order chi connectivity index (χ1) is 14.2. The second-order valence-electron chi connectivity index (χ2n) is 6.52. The summed E-state index contributed by atoms with van der Waals surface area (Å²) in [7, 11) is 0. The van der Waals surface area contributed by atoms with Crippen LogP contribution >= 0.6 is 11.8 Å². The SMILES string of the molecule is CCOC(=O)[C@@H](C)N1C(=O)S/C(=C\c2ccc(-c3cc(C(=O)O)ccc3C)o2)C1=O. The first-order valence-corrected chi connectivity index (χ1v) is 9.92. The summed E-state index contributed by atoms with van der Waals surface area (Å²) in [4.78, 5) is 49.0. The number of carboxylic acids is 1. The molecule has 2 aromatic rings. The van der Waals surface area contributed by atoms with E-state index >= 15 is 0 Å². The van der Waals surface area contributed by atoms with Crippen LogP contribution in [0.2, 0.25) is 0 Å². The maximum absolute atomic E-state index is 12.6. The van der Waals surface area contributed by atoms with Gasteiger partial charge in [-0.05, 0) is 62.4 Å². The average molecular weight is 429 g/mol. The lowest BCUT2D eigenvalue weighted by molar-refractivity contribution is -0.150. The molecule has 1 aliphatic rings. The minimum absolute atomic E-state index is 0.119. The summed E-state index contributed by atoms with van der Waals surface area (Å²) >= 11 is 0.708. The smallest absolute Gasteiger partial charge is 0.335 e. The van der Waals surface area contributed by atoms with Crippen LogP contribution in [-0.4, -0.2) is 45.7 Å². The lowest BCUT2D eigenvalue weighted by atomic mass is 10.0. The Balaban J connectivity index is 1.86. The van der Waals surface area contributed by atoms with Crippen LogP contribution in [0.3, 0.4) is 0 Å². The van der Waals surface area contributed by atoms with Crippen LogP contribution in [-0.2, 0) is 14.3 Å². The monoisotopic (exact) mass is 429 g/mol. The van der Waals surface area contributed by atoms with Gasteiger partial charge in [-0.1, -0.05) is 6.07 Å². The van der Waals surface area contributed by atoms with Crippen LogP contribution in [0.5, 0.6) is 0 Å². The van der Waals surface area contributed by atoms with Crippen molar-refractivity contribution in [1.82, 2.24) is 4.90 Å². The fourth-order valence-electron chi connectivity index (χ4n) is 2.91. The van der Waals surface area contributed by atoms with E-state index in [1.54, 1.807) is 25.1 Å². The van der Waals surface area contributed by atoms with Gasteiger partial charge in [-0.3, -0.25) is 14.5 Å². The second kappa shape index (κ2) is 8.58. The van der Waals surface area contributed by atoms with Gasteiger partial charge in [0.2, 0.25) is 0 Å². The van der Waals surface area contributed by atoms with Crippen molar-refractivity contribution in [2.24, 2.45) is 0 Å². The van der Waals surface area contributed by atoms with Crippen molar-refractivity contribution in [1.29, 1.82) is 0 Å². The number of carbonyl (C=O) groups is 4. The maximum atomic E-state index is 12.6. The molecule has 2 amide bonds. The number of esters is 1. The predicted molar refractivity (Wildman–Crippen MR) is 110 cm³/mol. The zero-order valence-corrected chi connectivity index (χ0v) is 17.3. The van der Waals surface area contributed by atoms with Crippen LogP contribution < -0.4 is 0 Å². The molecular formula is C21H19NO7S. The first kappa shape index (κ1) is 21.4. The summed E-state index contributed by atoms with van der Waals surface area (Å²) in [5, 5.41) is 8.62. The summed E-state index contributed by atoms with van der Waals surface area (Å²) in [6.45, 7) is 5.04. The molecule has 0 spiro atoms. The minimum atomic E-state index is -1.05. The molecule has 8 nitrogen and oxygen atoms in total. The van der Waals surface area contributed by atoms with Crippen molar-refractivity contribution in [3.63, 3.8) is 0 Å². The van der Waals surface area contributed by atoms with E-state index in [9.17, 15) is 24.3 Å². The highest BCUT2D eigenvalue weighted by Gasteiger charge is 2.41. The van der Waals surface area contributed by atoms with Gasteiger partial charge in [0.25, 0.3) is 11.1 Å². The number of hydrogen-bond acceptors (Lipinski definition) is 7. The quantitative estimate of drug-likeness (QED) is 0.542. The molecule has 1 aromatic carbocycles. The van der Waals surface area contributed by atoms with Crippen LogP contribution in [0.4, 0.5) is 4.79 Å². The number of ether oxygens (including phenoxy) is 1. The van der Waals surface area contributed by atoms with E-state index in [0.717, 1.165) is 10.5 Å². The van der Waals surface area contributed by atoms with E-state index in [4.69, 9.17) is 9.15 Å². The van der Waals surface area contributed by atoms with Gasteiger partial charge in [-0.2, -0.15) is 0 Å². The lowest BCUT2D eigenvalue weighted by Gasteiger charge is -2.19. The lowest BCUT2D eigenvalue weighted by Crippen LogP contribution is -2.42. The Bertz CT molecular complexity index is 1070. The molecule has 156 valence electrons. The van der Waals surface area contributed by atoms with E-state index in [-0.39, 0.29) is 17.1 Å². The van der Waals surface area contributed by atoms with Crippen LogP contribution in [0.15, 0.2) is 39.7 Å². The molecule has 1 aromatic heterocycles. The molecule has 30 heavy (non-hydrogen) atoms. The van der Waals surface area contributed by atoms with E-state index in [2.05, 4.69) is 0 Å². The zero-order valence-electron chi connectivity index (χ0n) is 16.5. The average Bonchev–Trinajstić information content (AvgIpc) is 3.26. The molecular weight excluding hydrogens is 410 g/mol. The molecule has 0 aliphatic carbocycles. The molecule has 1 atom stereocenters. The fourth-order valence-corrected chi connectivity index (χ4v) is 3.80. The van der Waals surface area contributed by atoms with Crippen LogP contribution in [0.1, 0.15) is 35.5 Å². The normalized spacial score (nSPS) is 16.2. The van der Waals surface area contributed by atoms with Gasteiger partial charge in [-0.25, -0.2) is 9.59 Å². The number of imide groups is 1. The summed E-state index contributed by atoms with van der Waals surface area (Å²) in [6.07, 6.45) is 1.42. The molecule has 1 fully saturated rings. The molecule has 1 aliphatic heterocycles. The Labute approximate surface area is 176 Å². The summed E-state index contributed by atoms with van der Waals surface area (Å²) < 4.78 is 10.6. The van der Waals surface area contributed by atoms with Gasteiger partial charge < -0.3 is 14.3 Å². The number of furan rings is 1. The standard InChI is InChI=1S/C21H19NO7S/c1-4-28-20(26)12(3)22-18(23)17(30-21(22)27)10-14-7-8-16(29-14)15-9-13(19(24)25)6-5-11(15)2/h5-10,12H,4H2,1-3H3,(H,24,25)/b17-10-/t12-/m1/s1. The van der Waals surface area contributed by atoms with Gasteiger partial charge in [0.15, 0.2) is 0 Å². The largest absolute Gasteiger partial charge is 0.478 e. The van der Waals surface area contributed by atoms with Crippen LogP contribution in [0.25, 0.3) is 17.4 Å². The summed E-state index contributed by atoms with van der Waals surface area (Å²) in [5.74, 6) is -1.56. The molecule has 1 N–H and O–H groups in total. The number of carboxylic acid groups (broad SMARTS) is 1. The molecule has 0 saturated carbocycles. The number of rotatable bonds is 6. The molecule has 3 rings (SSSR count). The highest BCUT2D eigenvalue weighted by atomic mass is 32.2. The minimum Gasteiger partial charge on any atom is -0.478 e. The summed E-state index contributed by atoms with van der Waals surface area (Å²) in [5.41, 5.74) is 1.56. The molecule has 2 heterocycles. The van der Waals surface area contributed by atoms with E-state index in [1.807, 2.05) is 6.92 Å². The molecule has 0 bridgehead atoms. The number of nitrogens with zero attached hydrogens (tertiary/aromatic N) is 1. The maximum Gasteiger partial charge on any atom is 0.335 e. The number of benzene rings is 1. The Morgan fingerprint density at radius 3 is 2.67 bits per heavy atom. The van der Waals surface area contributed by atoms with Crippen molar-refractivity contribution in [3.8, 4) is 11.3 Å². The van der Waals surface area contributed by atoms with Gasteiger partial charge in [-0.15, -0.1) is 0 Å². The first-order valence-electron chi connectivity index (χ1n) is 9.10. The number of hydrogen-bond donors (Lipinski definition) is 1. The number of thioether (sulfide) groups is 1. The second-order valence-corrected chi connectivity index (χ2v) is 7.51. The molecule has 1 saturated heterocycles. The molecule has 9 heteroatoms. The predicted octanol–water partition coefficient (Wildman–Crippen LogP) is 3.94. The van der Waals surface area contributed by atoms with Crippen molar-refractivity contribution in [3.05, 3.63) is 52.1 Å². The molecule has 0 radical (unpaired) electrons. The van der Waals surface area contributed by atoms with Crippen LogP contribution in [0, 0.1) is 6.92 Å². The highest BCUT2D eigenvalue weighted by Crippen LogP contribution is 2.35. The van der Waals surface area contributed by atoms with E-state index in [1.165, 1.54) is 25.1 Å². The third kappa shape index (κ3) is 4.16. The Morgan fingerprint density at radius 1 is 1.27 bits per heavy atom. The topological polar surface area (TPSA) is 114 Å². The Kier molecular flexibility index (Phi) is 6.12. The summed E-state index contributed by atoms with van der Waals surface area (Å²) in [6, 6.07) is 6.94. The van der Waals surface area contributed by atoms with Gasteiger partial charge in [0.05, 0.1) is 17.1 Å². The number of aromatic carboxylic acids is 1. The van der Waals surface area contributed by atoms with Crippen molar-refractivity contribution >= 4 is 40.9 Å². The van der Waals surface area contributed by atoms with Crippen molar-refractivity contribution in [2.75, 3.05) is 6.61 Å². The zero-order chi connectivity index (χ0) is 22.0. The van der Waals surface area contributed by atoms with Crippen molar-refractivity contribution < 1.29 is 33.4 Å². The number of amides is 2. The Hall–Kier alpha value is -3.33. The third-order valence-electron chi connectivity index (χ3n) is 4.49. The van der Waals surface area contributed by atoms with E-state index < -0.39 is 29.1 Å². The van der Waals surface area contributed by atoms with Gasteiger partial charge >= 0.3 is 11.9 Å².